The first-order chi connectivity index (χ1) is 7.93. The lowest BCUT2D eigenvalue weighted by Gasteiger charge is -2.53. The van der Waals surface area contributed by atoms with Crippen molar-refractivity contribution < 1.29 is 5.11 Å². The number of hydrogen-bond acceptors (Lipinski definition) is 3. The van der Waals surface area contributed by atoms with Crippen molar-refractivity contribution in [3.63, 3.8) is 0 Å². The predicted molar refractivity (Wildman–Crippen MR) is 70.8 cm³/mol. The molecule has 0 amide bonds. The minimum Gasteiger partial charge on any atom is -0.389 e. The number of nitrogens with one attached hydrogen (secondary N) is 1. The Balaban J connectivity index is 2.14. The van der Waals surface area contributed by atoms with Crippen LogP contribution in [0.15, 0.2) is 0 Å². The van der Waals surface area contributed by atoms with Crippen molar-refractivity contribution in [2.75, 3.05) is 19.6 Å². The van der Waals surface area contributed by atoms with E-state index in [9.17, 15) is 5.11 Å². The average Bonchev–Trinajstić information content (AvgIpc) is 2.30. The maximum absolute atomic E-state index is 11.0. The van der Waals surface area contributed by atoms with E-state index in [0.717, 1.165) is 38.8 Å². The number of rotatable bonds is 2. The van der Waals surface area contributed by atoms with Crippen molar-refractivity contribution in [2.45, 2.75) is 58.0 Å². The highest BCUT2D eigenvalue weighted by Gasteiger charge is 2.51. The van der Waals surface area contributed by atoms with Crippen LogP contribution in [-0.4, -0.2) is 30.3 Å². The molecule has 1 saturated carbocycles. The minimum absolute atomic E-state index is 0.0232. The molecular weight excluding hydrogens is 212 g/mol. The highest BCUT2D eigenvalue weighted by atomic mass is 16.3. The highest BCUT2D eigenvalue weighted by Crippen LogP contribution is 2.52. The van der Waals surface area contributed by atoms with E-state index in [4.69, 9.17) is 5.73 Å². The van der Waals surface area contributed by atoms with E-state index in [1.807, 2.05) is 0 Å². The van der Waals surface area contributed by atoms with Crippen LogP contribution >= 0.6 is 0 Å². The fraction of sp³-hybridized carbons (Fsp3) is 1.00. The van der Waals surface area contributed by atoms with Crippen LogP contribution in [0.4, 0.5) is 0 Å². The molecule has 1 aliphatic heterocycles. The van der Waals surface area contributed by atoms with Gasteiger partial charge in [-0.15, -0.1) is 0 Å². The molecule has 0 bridgehead atoms. The summed E-state index contributed by atoms with van der Waals surface area (Å²) >= 11 is 0. The first kappa shape index (κ1) is 13.3. The molecule has 17 heavy (non-hydrogen) atoms. The van der Waals surface area contributed by atoms with Gasteiger partial charge in [0.2, 0.25) is 0 Å². The molecule has 1 saturated heterocycles. The summed E-state index contributed by atoms with van der Waals surface area (Å²) in [4.78, 5) is 0. The average molecular weight is 240 g/mol. The molecule has 2 aliphatic rings. The van der Waals surface area contributed by atoms with Crippen LogP contribution < -0.4 is 11.1 Å². The van der Waals surface area contributed by atoms with Gasteiger partial charge in [0.05, 0.1) is 5.60 Å². The Bertz CT molecular complexity index is 259. The molecule has 1 aliphatic carbocycles. The fourth-order valence-corrected chi connectivity index (χ4v) is 3.64. The van der Waals surface area contributed by atoms with Gasteiger partial charge in [0.15, 0.2) is 0 Å². The largest absolute Gasteiger partial charge is 0.389 e. The second-order valence-electron chi connectivity index (χ2n) is 6.93. The van der Waals surface area contributed by atoms with Gasteiger partial charge in [-0.25, -0.2) is 0 Å². The first-order valence-corrected chi connectivity index (χ1v) is 7.06. The molecular formula is C14H28N2O. The zero-order valence-corrected chi connectivity index (χ0v) is 11.4. The molecule has 1 heterocycles. The second-order valence-corrected chi connectivity index (χ2v) is 6.93. The number of nitrogens with two attached hydrogens (primary N) is 1. The summed E-state index contributed by atoms with van der Waals surface area (Å²) in [7, 11) is 0. The van der Waals surface area contributed by atoms with Crippen molar-refractivity contribution in [1.29, 1.82) is 0 Å². The van der Waals surface area contributed by atoms with Crippen molar-refractivity contribution in [1.82, 2.24) is 5.32 Å². The molecule has 0 aromatic rings. The van der Waals surface area contributed by atoms with Gasteiger partial charge in [0.25, 0.3) is 0 Å². The maximum atomic E-state index is 11.0. The lowest BCUT2D eigenvalue weighted by Crippen LogP contribution is -2.59. The van der Waals surface area contributed by atoms with Gasteiger partial charge in [0.1, 0.15) is 0 Å². The van der Waals surface area contributed by atoms with Crippen LogP contribution in [0.2, 0.25) is 0 Å². The third-order valence-corrected chi connectivity index (χ3v) is 5.37. The zero-order valence-electron chi connectivity index (χ0n) is 11.4. The zero-order chi connectivity index (χ0) is 12.6. The Morgan fingerprint density at radius 3 is 2.00 bits per heavy atom. The number of hydrogen-bond donors (Lipinski definition) is 3. The monoisotopic (exact) mass is 240 g/mol. The van der Waals surface area contributed by atoms with Crippen LogP contribution in [0.3, 0.4) is 0 Å². The number of aliphatic hydroxyl groups is 1. The molecule has 100 valence electrons. The summed E-state index contributed by atoms with van der Waals surface area (Å²) in [5, 5.41) is 14.3. The van der Waals surface area contributed by atoms with E-state index in [0.29, 0.717) is 12.0 Å². The Hall–Kier alpha value is -0.120. The van der Waals surface area contributed by atoms with Crippen LogP contribution in [0.1, 0.15) is 52.4 Å². The van der Waals surface area contributed by atoms with Gasteiger partial charge in [-0.05, 0) is 57.0 Å². The summed E-state index contributed by atoms with van der Waals surface area (Å²) in [5.74, 6) is 0. The topological polar surface area (TPSA) is 58.3 Å². The normalized spacial score (nSPS) is 31.1. The smallest absolute Gasteiger partial charge is 0.0739 e. The third-order valence-electron chi connectivity index (χ3n) is 5.37. The highest BCUT2D eigenvalue weighted by molar-refractivity contribution is 5.04. The summed E-state index contributed by atoms with van der Waals surface area (Å²) in [6.07, 6.45) is 6.30. The number of piperidine rings is 1. The first-order valence-electron chi connectivity index (χ1n) is 7.06. The molecule has 3 nitrogen and oxygen atoms in total. The van der Waals surface area contributed by atoms with Gasteiger partial charge in [0, 0.05) is 12.0 Å². The molecule has 0 aromatic carbocycles. The molecule has 2 rings (SSSR count). The fourth-order valence-electron chi connectivity index (χ4n) is 3.64. The Labute approximate surface area is 105 Å². The quantitative estimate of drug-likeness (QED) is 0.688. The minimum atomic E-state index is -0.524. The molecule has 0 spiro atoms. The Morgan fingerprint density at radius 2 is 1.53 bits per heavy atom. The van der Waals surface area contributed by atoms with Gasteiger partial charge in [-0.3, -0.25) is 0 Å². The van der Waals surface area contributed by atoms with E-state index in [2.05, 4.69) is 19.2 Å². The van der Waals surface area contributed by atoms with Crippen molar-refractivity contribution in [3.8, 4) is 0 Å². The summed E-state index contributed by atoms with van der Waals surface area (Å²) in [6.45, 7) is 7.17. The predicted octanol–water partition coefficient (Wildman–Crippen LogP) is 1.65. The lowest BCUT2D eigenvalue weighted by atomic mass is 9.56. The van der Waals surface area contributed by atoms with E-state index >= 15 is 0 Å². The van der Waals surface area contributed by atoms with Gasteiger partial charge in [-0.1, -0.05) is 13.8 Å². The van der Waals surface area contributed by atoms with Gasteiger partial charge < -0.3 is 16.2 Å². The molecule has 0 atom stereocenters. The van der Waals surface area contributed by atoms with E-state index in [-0.39, 0.29) is 5.41 Å². The summed E-state index contributed by atoms with van der Waals surface area (Å²) < 4.78 is 0. The lowest BCUT2D eigenvalue weighted by molar-refractivity contribution is -0.128. The van der Waals surface area contributed by atoms with E-state index in [1.54, 1.807) is 0 Å². The molecule has 0 aromatic heterocycles. The molecule has 4 N–H and O–H groups in total. The summed E-state index contributed by atoms with van der Waals surface area (Å²) in [6, 6.07) is 0. The van der Waals surface area contributed by atoms with Crippen LogP contribution in [-0.2, 0) is 0 Å². The van der Waals surface area contributed by atoms with Crippen LogP contribution in [0.5, 0.6) is 0 Å². The standard InChI is InChI=1S/C14H28N2O/c1-12(2)3-5-13(11-15,6-4-12)14(17)7-9-16-10-8-14/h16-17H,3-11,15H2,1-2H3. The Kier molecular flexibility index (Phi) is 3.54. The van der Waals surface area contributed by atoms with Crippen molar-refractivity contribution in [2.24, 2.45) is 16.6 Å². The van der Waals surface area contributed by atoms with Crippen molar-refractivity contribution >= 4 is 0 Å². The Morgan fingerprint density at radius 1 is 1.00 bits per heavy atom. The molecule has 3 heteroatoms. The van der Waals surface area contributed by atoms with Crippen molar-refractivity contribution in [3.05, 3.63) is 0 Å². The SMILES string of the molecule is CC1(C)CCC(CN)(C2(O)CCNCC2)CC1. The summed E-state index contributed by atoms with van der Waals surface area (Å²) in [5.41, 5.74) is 5.95. The third kappa shape index (κ3) is 2.38. The van der Waals surface area contributed by atoms with Crippen LogP contribution in [0.25, 0.3) is 0 Å². The molecule has 0 unspecified atom stereocenters. The molecule has 2 fully saturated rings. The molecule has 0 radical (unpaired) electrons. The second kappa shape index (κ2) is 4.52. The van der Waals surface area contributed by atoms with Gasteiger partial charge in [-0.2, -0.15) is 0 Å². The van der Waals surface area contributed by atoms with E-state index < -0.39 is 5.60 Å². The van der Waals surface area contributed by atoms with Gasteiger partial charge >= 0.3 is 0 Å². The maximum Gasteiger partial charge on any atom is 0.0739 e. The van der Waals surface area contributed by atoms with E-state index in [1.165, 1.54) is 12.8 Å². The van der Waals surface area contributed by atoms with Crippen LogP contribution in [0, 0.1) is 10.8 Å².